The van der Waals surface area contributed by atoms with Crippen LogP contribution in [0.25, 0.3) is 0 Å². The Morgan fingerprint density at radius 2 is 1.71 bits per heavy atom. The number of hydrogen-bond acceptors (Lipinski definition) is 3. The second-order valence-electron chi connectivity index (χ2n) is 4.46. The molecule has 0 bridgehead atoms. The summed E-state index contributed by atoms with van der Waals surface area (Å²) in [4.78, 5) is 0. The van der Waals surface area contributed by atoms with E-state index in [0.29, 0.717) is 6.54 Å². The number of nitrogens with one attached hydrogen (secondary N) is 1. The minimum absolute atomic E-state index is 0.586. The fraction of sp³-hybridized carbons (Fsp3) is 0.0588. The van der Waals surface area contributed by atoms with Crippen LogP contribution in [0.2, 0.25) is 0 Å². The minimum Gasteiger partial charge on any atom is -0.466 e. The maximum absolute atomic E-state index is 5.90. The van der Waals surface area contributed by atoms with Gasteiger partial charge in [0.1, 0.15) is 11.5 Å². The van der Waals surface area contributed by atoms with Crippen LogP contribution in [-0.2, 0) is 6.54 Å². The molecule has 1 heterocycles. The third kappa shape index (κ3) is 3.47. The van der Waals surface area contributed by atoms with Crippen LogP contribution in [0, 0.1) is 0 Å². The summed E-state index contributed by atoms with van der Waals surface area (Å²) in [5.41, 5.74) is 0.921. The number of anilines is 1. The molecule has 0 aliphatic heterocycles. The van der Waals surface area contributed by atoms with Crippen LogP contribution in [0.5, 0.6) is 11.5 Å². The highest BCUT2D eigenvalue weighted by Gasteiger charge is 2.07. The van der Waals surface area contributed by atoms with Crippen LogP contribution in [0.4, 0.5) is 5.69 Å². The lowest BCUT2D eigenvalue weighted by molar-refractivity contribution is 0.483. The zero-order chi connectivity index (χ0) is 14.5. The molecule has 0 aliphatic carbocycles. The van der Waals surface area contributed by atoms with Crippen molar-refractivity contribution in [2.75, 3.05) is 5.32 Å². The van der Waals surface area contributed by atoms with Gasteiger partial charge in [-0.2, -0.15) is 0 Å². The summed E-state index contributed by atoms with van der Waals surface area (Å²) in [5, 5.41) is 3.33. The molecule has 1 aromatic heterocycles. The lowest BCUT2D eigenvalue weighted by atomic mass is 10.2. The molecule has 0 radical (unpaired) electrons. The summed E-state index contributed by atoms with van der Waals surface area (Å²) in [7, 11) is 0. The number of ether oxygens (including phenoxy) is 1. The largest absolute Gasteiger partial charge is 0.466 e. The predicted molar refractivity (Wildman–Crippen MR) is 86.7 cm³/mol. The van der Waals surface area contributed by atoms with Crippen LogP contribution in [0.1, 0.15) is 5.76 Å². The summed E-state index contributed by atoms with van der Waals surface area (Å²) in [6, 6.07) is 19.4. The van der Waals surface area contributed by atoms with Gasteiger partial charge in [-0.05, 0) is 46.3 Å². The Morgan fingerprint density at radius 3 is 2.48 bits per heavy atom. The average molecular weight is 344 g/mol. The van der Waals surface area contributed by atoms with Gasteiger partial charge in [0.2, 0.25) is 0 Å². The first kappa shape index (κ1) is 13.8. The second kappa shape index (κ2) is 6.50. The van der Waals surface area contributed by atoms with Gasteiger partial charge in [-0.25, -0.2) is 0 Å². The number of rotatable bonds is 5. The number of furan rings is 1. The molecule has 106 valence electrons. The van der Waals surface area contributed by atoms with Crippen molar-refractivity contribution in [2.45, 2.75) is 6.54 Å². The van der Waals surface area contributed by atoms with Gasteiger partial charge in [-0.15, -0.1) is 0 Å². The predicted octanol–water partition coefficient (Wildman–Crippen LogP) is 5.45. The molecule has 0 unspecified atom stereocenters. The van der Waals surface area contributed by atoms with Crippen molar-refractivity contribution >= 4 is 21.6 Å². The number of halogens is 1. The lowest BCUT2D eigenvalue weighted by Crippen LogP contribution is -2.00. The Bertz CT molecular complexity index is 710. The first-order valence-electron chi connectivity index (χ1n) is 6.60. The molecular weight excluding hydrogens is 330 g/mol. The van der Waals surface area contributed by atoms with Gasteiger partial charge in [0.25, 0.3) is 0 Å². The van der Waals surface area contributed by atoms with Crippen molar-refractivity contribution < 1.29 is 9.15 Å². The fourth-order valence-corrected chi connectivity index (χ4v) is 2.29. The highest BCUT2D eigenvalue weighted by molar-refractivity contribution is 9.10. The van der Waals surface area contributed by atoms with Gasteiger partial charge in [0, 0.05) is 0 Å². The molecule has 0 aliphatic rings. The third-order valence-corrected chi connectivity index (χ3v) is 3.70. The topological polar surface area (TPSA) is 34.4 Å². The highest BCUT2D eigenvalue weighted by atomic mass is 79.9. The molecule has 0 fully saturated rings. The maximum atomic E-state index is 5.90. The van der Waals surface area contributed by atoms with E-state index in [9.17, 15) is 0 Å². The van der Waals surface area contributed by atoms with E-state index in [4.69, 9.17) is 9.15 Å². The number of para-hydroxylation sites is 3. The Hall–Kier alpha value is -2.20. The van der Waals surface area contributed by atoms with Crippen molar-refractivity contribution in [2.24, 2.45) is 0 Å². The Morgan fingerprint density at radius 1 is 0.952 bits per heavy atom. The van der Waals surface area contributed by atoms with Crippen molar-refractivity contribution in [1.29, 1.82) is 0 Å². The van der Waals surface area contributed by atoms with E-state index in [1.807, 2.05) is 60.7 Å². The standard InChI is InChI=1S/C17H14BrNO2/c18-14-10-11-20-17(14)12-19-15-8-4-5-9-16(15)21-13-6-2-1-3-7-13/h1-11,19H,12H2. The highest BCUT2D eigenvalue weighted by Crippen LogP contribution is 2.30. The molecule has 1 N–H and O–H groups in total. The molecule has 21 heavy (non-hydrogen) atoms. The van der Waals surface area contributed by atoms with Gasteiger partial charge >= 0.3 is 0 Å². The molecule has 0 saturated carbocycles. The zero-order valence-corrected chi connectivity index (χ0v) is 12.8. The molecule has 3 nitrogen and oxygen atoms in total. The first-order valence-corrected chi connectivity index (χ1v) is 7.40. The first-order chi connectivity index (χ1) is 10.3. The molecule has 2 aromatic carbocycles. The van der Waals surface area contributed by atoms with E-state index in [1.54, 1.807) is 6.26 Å². The number of benzene rings is 2. The molecule has 0 saturated heterocycles. The third-order valence-electron chi connectivity index (χ3n) is 2.99. The van der Waals surface area contributed by atoms with Gasteiger partial charge in [0.15, 0.2) is 5.75 Å². The van der Waals surface area contributed by atoms with E-state index >= 15 is 0 Å². The smallest absolute Gasteiger partial charge is 0.150 e. The Balaban J connectivity index is 1.75. The van der Waals surface area contributed by atoms with E-state index in [-0.39, 0.29) is 0 Å². The quantitative estimate of drug-likeness (QED) is 0.669. The van der Waals surface area contributed by atoms with E-state index in [0.717, 1.165) is 27.4 Å². The molecular formula is C17H14BrNO2. The van der Waals surface area contributed by atoms with Crippen molar-refractivity contribution in [3.63, 3.8) is 0 Å². The van der Waals surface area contributed by atoms with E-state index < -0.39 is 0 Å². The molecule has 4 heteroatoms. The normalized spacial score (nSPS) is 10.3. The zero-order valence-electron chi connectivity index (χ0n) is 11.3. The van der Waals surface area contributed by atoms with Gasteiger partial charge in [-0.1, -0.05) is 30.3 Å². The molecule has 0 atom stereocenters. The van der Waals surface area contributed by atoms with Crippen molar-refractivity contribution in [3.05, 3.63) is 77.2 Å². The van der Waals surface area contributed by atoms with Crippen molar-refractivity contribution in [1.82, 2.24) is 0 Å². The summed E-state index contributed by atoms with van der Waals surface area (Å²) >= 11 is 3.45. The van der Waals surface area contributed by atoms with Gasteiger partial charge < -0.3 is 14.5 Å². The summed E-state index contributed by atoms with van der Waals surface area (Å²) in [5.74, 6) is 2.45. The van der Waals surface area contributed by atoms with Crippen LogP contribution < -0.4 is 10.1 Å². The van der Waals surface area contributed by atoms with Crippen LogP contribution in [0.3, 0.4) is 0 Å². The Kier molecular flexibility index (Phi) is 4.26. The van der Waals surface area contributed by atoms with Gasteiger partial charge in [0.05, 0.1) is 23.0 Å². The van der Waals surface area contributed by atoms with Gasteiger partial charge in [-0.3, -0.25) is 0 Å². The summed E-state index contributed by atoms with van der Waals surface area (Å²) < 4.78 is 12.3. The molecule has 3 aromatic rings. The van der Waals surface area contributed by atoms with Crippen LogP contribution in [-0.4, -0.2) is 0 Å². The monoisotopic (exact) mass is 343 g/mol. The van der Waals surface area contributed by atoms with E-state index in [2.05, 4.69) is 21.2 Å². The van der Waals surface area contributed by atoms with Crippen LogP contribution >= 0.6 is 15.9 Å². The van der Waals surface area contributed by atoms with Crippen LogP contribution in [0.15, 0.2) is 75.8 Å². The molecule has 0 spiro atoms. The molecule has 3 rings (SSSR count). The molecule has 0 amide bonds. The lowest BCUT2D eigenvalue weighted by Gasteiger charge is -2.12. The SMILES string of the molecule is Brc1ccoc1CNc1ccccc1Oc1ccccc1. The second-order valence-corrected chi connectivity index (χ2v) is 5.31. The van der Waals surface area contributed by atoms with Crippen molar-refractivity contribution in [3.8, 4) is 11.5 Å². The minimum atomic E-state index is 0.586. The Labute approximate surface area is 131 Å². The van der Waals surface area contributed by atoms with E-state index in [1.165, 1.54) is 0 Å². The summed E-state index contributed by atoms with van der Waals surface area (Å²) in [6.07, 6.45) is 1.66. The average Bonchev–Trinajstić information content (AvgIpc) is 2.93. The number of hydrogen-bond donors (Lipinski definition) is 1. The summed E-state index contributed by atoms with van der Waals surface area (Å²) in [6.45, 7) is 0.586. The maximum Gasteiger partial charge on any atom is 0.150 e. The fourth-order valence-electron chi connectivity index (χ4n) is 1.94.